The van der Waals surface area contributed by atoms with E-state index in [4.69, 9.17) is 28.4 Å². The highest BCUT2D eigenvalue weighted by atomic mass is 16.6. The number of phenols is 3. The largest absolute Gasteiger partial charge is 0.508 e. The van der Waals surface area contributed by atoms with Crippen LogP contribution in [0.3, 0.4) is 0 Å². The average Bonchev–Trinajstić information content (AvgIpc) is 4.01. The van der Waals surface area contributed by atoms with Crippen molar-refractivity contribution in [2.45, 2.75) is 57.4 Å². The van der Waals surface area contributed by atoms with Gasteiger partial charge in [-0.05, 0) is 74.4 Å². The maximum atomic E-state index is 13.3. The second-order valence-corrected chi connectivity index (χ2v) is 11.4. The molecule has 3 N–H and O–H groups in total. The number of aromatic hydroxyl groups is 3. The summed E-state index contributed by atoms with van der Waals surface area (Å²) >= 11 is 0. The van der Waals surface area contributed by atoms with Gasteiger partial charge in [0.15, 0.2) is 23.0 Å². The smallest absolute Gasteiger partial charge is 0.336 e. The highest BCUT2D eigenvalue weighted by Crippen LogP contribution is 2.57. The zero-order chi connectivity index (χ0) is 34.1. The minimum atomic E-state index is -0.898. The van der Waals surface area contributed by atoms with E-state index in [0.29, 0.717) is 0 Å². The predicted octanol–water partition coefficient (Wildman–Crippen LogP) is 4.88. The molecule has 0 aromatic heterocycles. The maximum Gasteiger partial charge on any atom is 0.336 e. The Labute approximate surface area is 275 Å². The molecule has 0 amide bonds. The Bertz CT molecular complexity index is 1820. The van der Waals surface area contributed by atoms with E-state index in [-0.39, 0.29) is 76.1 Å². The van der Waals surface area contributed by atoms with Crippen LogP contribution in [0.25, 0.3) is 22.3 Å². The van der Waals surface area contributed by atoms with Crippen molar-refractivity contribution in [2.24, 2.45) is 0 Å². The third-order valence-corrected chi connectivity index (χ3v) is 7.80. The van der Waals surface area contributed by atoms with Gasteiger partial charge in [-0.2, -0.15) is 0 Å². The Morgan fingerprint density at radius 2 is 0.854 bits per heavy atom. The summed E-state index contributed by atoms with van der Waals surface area (Å²) in [6.07, 6.45) is 6.84. The van der Waals surface area contributed by atoms with Gasteiger partial charge in [-0.25, -0.2) is 14.4 Å². The molecule has 3 heterocycles. The Hall–Kier alpha value is -5.43. The van der Waals surface area contributed by atoms with Gasteiger partial charge in [-0.1, -0.05) is 24.3 Å². The van der Waals surface area contributed by atoms with E-state index < -0.39 is 35.2 Å². The zero-order valence-corrected chi connectivity index (χ0v) is 26.1. The Kier molecular flexibility index (Phi) is 9.05. The molecule has 3 fully saturated rings. The Morgan fingerprint density at radius 3 is 1.21 bits per heavy atom. The topological polar surface area (TPSA) is 177 Å². The Balaban J connectivity index is 1.55. The van der Waals surface area contributed by atoms with Crippen LogP contribution in [0.1, 0.15) is 20.8 Å². The fourth-order valence-electron chi connectivity index (χ4n) is 4.89. The lowest BCUT2D eigenvalue weighted by molar-refractivity contribution is -0.131. The molecule has 0 aliphatic carbocycles. The number of carbonyl (C=O) groups excluding carboxylic acids is 3. The van der Waals surface area contributed by atoms with Crippen molar-refractivity contribution in [1.82, 2.24) is 0 Å². The summed E-state index contributed by atoms with van der Waals surface area (Å²) in [5, 5.41) is 31.9. The van der Waals surface area contributed by atoms with Crippen molar-refractivity contribution in [1.29, 1.82) is 0 Å². The van der Waals surface area contributed by atoms with E-state index in [0.717, 1.165) is 18.2 Å². The minimum Gasteiger partial charge on any atom is -0.508 e. The van der Waals surface area contributed by atoms with Crippen molar-refractivity contribution in [2.75, 3.05) is 0 Å². The van der Waals surface area contributed by atoms with Gasteiger partial charge in [-0.3, -0.25) is 0 Å². The first-order valence-corrected chi connectivity index (χ1v) is 15.2. The van der Waals surface area contributed by atoms with Gasteiger partial charge in [0.05, 0.1) is 29.4 Å². The normalized spacial score (nSPS) is 24.1. The lowest BCUT2D eigenvalue weighted by Gasteiger charge is -2.22. The van der Waals surface area contributed by atoms with Crippen LogP contribution in [0, 0.1) is 0 Å². The molecule has 3 saturated heterocycles. The van der Waals surface area contributed by atoms with Crippen molar-refractivity contribution in [3.63, 3.8) is 0 Å². The van der Waals surface area contributed by atoms with Gasteiger partial charge in [0.1, 0.15) is 29.8 Å². The summed E-state index contributed by atoms with van der Waals surface area (Å²) in [5.74, 6) is -4.75. The lowest BCUT2D eigenvalue weighted by atomic mass is 9.95. The molecule has 248 valence electrons. The molecule has 12 nitrogen and oxygen atoms in total. The molecule has 0 bridgehead atoms. The number of carbonyl (C=O) groups is 3. The minimum absolute atomic E-state index is 0.0723. The molecule has 0 spiro atoms. The molecule has 3 aromatic rings. The van der Waals surface area contributed by atoms with Crippen LogP contribution in [0.15, 0.2) is 85.0 Å². The number of ether oxygens (including phenoxy) is 6. The summed E-state index contributed by atoms with van der Waals surface area (Å²) in [6, 6.07) is 11.0. The van der Waals surface area contributed by atoms with Crippen molar-refractivity contribution < 1.29 is 58.1 Å². The van der Waals surface area contributed by atoms with E-state index in [9.17, 15) is 29.7 Å². The molecule has 3 aromatic carbocycles. The third kappa shape index (κ3) is 7.58. The number of benzene rings is 3. The zero-order valence-electron chi connectivity index (χ0n) is 26.1. The van der Waals surface area contributed by atoms with Gasteiger partial charge < -0.3 is 43.7 Å². The highest BCUT2D eigenvalue weighted by Gasteiger charge is 2.35. The second kappa shape index (κ2) is 13.4. The second-order valence-electron chi connectivity index (χ2n) is 11.4. The number of epoxide rings is 3. The van der Waals surface area contributed by atoms with Crippen LogP contribution in [-0.4, -0.2) is 69.9 Å². The number of hydrogen-bond donors (Lipinski definition) is 3. The van der Waals surface area contributed by atoms with Gasteiger partial charge >= 0.3 is 17.9 Å². The Morgan fingerprint density at radius 1 is 0.542 bits per heavy atom. The number of esters is 3. The van der Waals surface area contributed by atoms with Crippen molar-refractivity contribution in [3.05, 3.63) is 85.0 Å². The summed E-state index contributed by atoms with van der Waals surface area (Å²) in [7, 11) is 0. The van der Waals surface area contributed by atoms with Crippen LogP contribution in [0.5, 0.6) is 34.5 Å². The molecule has 12 heteroatoms. The number of rotatable bonds is 11. The molecule has 6 atom stereocenters. The van der Waals surface area contributed by atoms with E-state index in [1.807, 2.05) is 20.8 Å². The predicted molar refractivity (Wildman–Crippen MR) is 170 cm³/mol. The molecule has 0 saturated carbocycles. The highest BCUT2D eigenvalue weighted by molar-refractivity contribution is 6.00. The molecule has 6 unspecified atom stereocenters. The standard InChI is InChI=1S/C36H32O12/c1-18-25(43-18)12-15-28(39)46-34-32(22-6-10-24(38)11-7-22)36(48-30(41)17-14-27-20(3)45-27)35(47-29(40)16-13-26-19(2)44-26)31(33(34)42)21-4-8-23(37)9-5-21/h4-20,25-27,37-38,42H,1-3H3. The van der Waals surface area contributed by atoms with E-state index >= 15 is 0 Å². The molecule has 0 radical (unpaired) electrons. The van der Waals surface area contributed by atoms with Crippen LogP contribution in [0.4, 0.5) is 0 Å². The van der Waals surface area contributed by atoms with Gasteiger partial charge in [-0.15, -0.1) is 0 Å². The van der Waals surface area contributed by atoms with Crippen molar-refractivity contribution >= 4 is 17.9 Å². The lowest BCUT2D eigenvalue weighted by Crippen LogP contribution is -2.13. The van der Waals surface area contributed by atoms with Crippen LogP contribution >= 0.6 is 0 Å². The molecule has 48 heavy (non-hydrogen) atoms. The first kappa shape index (κ1) is 32.5. The van der Waals surface area contributed by atoms with Crippen LogP contribution in [0.2, 0.25) is 0 Å². The maximum absolute atomic E-state index is 13.3. The monoisotopic (exact) mass is 656 g/mol. The molecular weight excluding hydrogens is 624 g/mol. The average molecular weight is 657 g/mol. The number of hydrogen-bond acceptors (Lipinski definition) is 12. The third-order valence-electron chi connectivity index (χ3n) is 7.80. The van der Waals surface area contributed by atoms with Gasteiger partial charge in [0.25, 0.3) is 0 Å². The first-order chi connectivity index (χ1) is 23.0. The summed E-state index contributed by atoms with van der Waals surface area (Å²) < 4.78 is 33.4. The van der Waals surface area contributed by atoms with Crippen LogP contribution < -0.4 is 14.2 Å². The fraction of sp³-hybridized carbons (Fsp3) is 0.250. The van der Waals surface area contributed by atoms with Crippen LogP contribution in [-0.2, 0) is 28.6 Å². The quantitative estimate of drug-likeness (QED) is 0.110. The summed E-state index contributed by atoms with van der Waals surface area (Å²) in [4.78, 5) is 39.7. The summed E-state index contributed by atoms with van der Waals surface area (Å²) in [5.41, 5.74) is 0.0866. The molecule has 3 aliphatic rings. The first-order valence-electron chi connectivity index (χ1n) is 15.2. The summed E-state index contributed by atoms with van der Waals surface area (Å²) in [6.45, 7) is 5.49. The molecular formula is C36H32O12. The van der Waals surface area contributed by atoms with E-state index in [1.54, 1.807) is 0 Å². The van der Waals surface area contributed by atoms with Crippen molar-refractivity contribution in [3.8, 4) is 56.8 Å². The number of phenolic OH excluding ortho intramolecular Hbond substituents is 3. The molecule has 3 aliphatic heterocycles. The SMILES string of the molecule is CC1OC1C=CC(=O)Oc1c(OC(=O)C=CC2OC2C)c(-c2ccc(O)cc2)c(OC(=O)C=CC2OC2C)c(O)c1-c1ccc(O)cc1. The fourth-order valence-corrected chi connectivity index (χ4v) is 4.89. The van der Waals surface area contributed by atoms with E-state index in [2.05, 4.69) is 0 Å². The van der Waals surface area contributed by atoms with E-state index in [1.165, 1.54) is 66.8 Å². The van der Waals surface area contributed by atoms with Gasteiger partial charge in [0.2, 0.25) is 0 Å². The molecule has 6 rings (SSSR count). The van der Waals surface area contributed by atoms with Gasteiger partial charge in [0, 0.05) is 18.2 Å².